The van der Waals surface area contributed by atoms with Crippen LogP contribution in [0.5, 0.6) is 0 Å². The van der Waals surface area contributed by atoms with Gasteiger partial charge in [0.25, 0.3) is 0 Å². The third-order valence-electron chi connectivity index (χ3n) is 2.64. The average molecular weight is 291 g/mol. The van der Waals surface area contributed by atoms with E-state index in [1.807, 2.05) is 51.1 Å². The fourth-order valence-corrected chi connectivity index (χ4v) is 2.59. The van der Waals surface area contributed by atoms with Gasteiger partial charge in [0.2, 0.25) is 10.0 Å². The highest BCUT2D eigenvalue weighted by atomic mass is 32.2. The predicted molar refractivity (Wildman–Crippen MR) is 83.0 cm³/mol. The number of aryl methyl sites for hydroxylation is 1. The summed E-state index contributed by atoms with van der Waals surface area (Å²) in [6.07, 6.45) is 0. The molecular weight excluding hydrogens is 270 g/mol. The molecule has 0 saturated heterocycles. The molecule has 0 unspecified atom stereocenters. The fourth-order valence-electron chi connectivity index (χ4n) is 1.57. The van der Waals surface area contributed by atoms with Gasteiger partial charge in [-0.15, -0.1) is 0 Å². The van der Waals surface area contributed by atoms with Gasteiger partial charge in [-0.1, -0.05) is 61.9 Å². The third-order valence-corrected chi connectivity index (χ3v) is 4.06. The zero-order chi connectivity index (χ0) is 15.0. The molecule has 1 N–H and O–H groups in total. The Morgan fingerprint density at radius 2 is 1.45 bits per heavy atom. The normalized spacial score (nSPS) is 10.6. The molecule has 0 atom stereocenters. The maximum absolute atomic E-state index is 12.0. The van der Waals surface area contributed by atoms with Crippen molar-refractivity contribution in [3.05, 3.63) is 65.7 Å². The highest BCUT2D eigenvalue weighted by Crippen LogP contribution is 2.10. The summed E-state index contributed by atoms with van der Waals surface area (Å²) in [5.74, 6) is 0. The molecule has 0 radical (unpaired) electrons. The molecule has 3 nitrogen and oxygen atoms in total. The van der Waals surface area contributed by atoms with E-state index in [9.17, 15) is 8.42 Å². The van der Waals surface area contributed by atoms with E-state index in [0.29, 0.717) is 11.4 Å². The van der Waals surface area contributed by atoms with Crippen LogP contribution in [0.3, 0.4) is 0 Å². The number of benzene rings is 2. The second-order valence-corrected chi connectivity index (χ2v) is 5.89. The highest BCUT2D eigenvalue weighted by Gasteiger charge is 2.12. The van der Waals surface area contributed by atoms with Crippen molar-refractivity contribution in [1.29, 1.82) is 0 Å². The van der Waals surface area contributed by atoms with Gasteiger partial charge in [0.1, 0.15) is 0 Å². The minimum Gasteiger partial charge on any atom is -0.207 e. The van der Waals surface area contributed by atoms with Crippen LogP contribution >= 0.6 is 0 Å². The van der Waals surface area contributed by atoms with Crippen molar-refractivity contribution in [2.75, 3.05) is 0 Å². The van der Waals surface area contributed by atoms with Gasteiger partial charge in [0.05, 0.1) is 4.90 Å². The van der Waals surface area contributed by atoms with Crippen molar-refractivity contribution in [2.24, 2.45) is 0 Å². The highest BCUT2D eigenvalue weighted by molar-refractivity contribution is 7.89. The van der Waals surface area contributed by atoms with Crippen LogP contribution in [-0.2, 0) is 16.6 Å². The Morgan fingerprint density at radius 1 is 0.900 bits per heavy atom. The summed E-state index contributed by atoms with van der Waals surface area (Å²) in [4.78, 5) is 0.295. The van der Waals surface area contributed by atoms with E-state index in [1.54, 1.807) is 24.3 Å². The molecule has 20 heavy (non-hydrogen) atoms. The van der Waals surface area contributed by atoms with Crippen molar-refractivity contribution in [3.63, 3.8) is 0 Å². The Morgan fingerprint density at radius 3 is 2.00 bits per heavy atom. The number of nitrogens with one attached hydrogen (secondary N) is 1. The topological polar surface area (TPSA) is 46.2 Å². The van der Waals surface area contributed by atoms with E-state index in [0.717, 1.165) is 11.1 Å². The molecule has 0 bridgehead atoms. The molecule has 2 aromatic rings. The van der Waals surface area contributed by atoms with Gasteiger partial charge in [0.15, 0.2) is 0 Å². The van der Waals surface area contributed by atoms with Crippen LogP contribution in [0, 0.1) is 6.92 Å². The van der Waals surface area contributed by atoms with Gasteiger partial charge in [-0.2, -0.15) is 0 Å². The molecule has 0 aliphatic rings. The molecule has 0 fully saturated rings. The maximum atomic E-state index is 12.0. The molecule has 0 aliphatic carbocycles. The molecule has 0 aliphatic heterocycles. The second kappa shape index (κ2) is 7.82. The van der Waals surface area contributed by atoms with Crippen LogP contribution in [-0.4, -0.2) is 8.42 Å². The minimum atomic E-state index is -3.43. The Labute approximate surface area is 121 Å². The van der Waals surface area contributed by atoms with Crippen molar-refractivity contribution < 1.29 is 8.42 Å². The molecule has 0 saturated carbocycles. The van der Waals surface area contributed by atoms with Crippen molar-refractivity contribution in [3.8, 4) is 0 Å². The number of hydrogen-bond acceptors (Lipinski definition) is 2. The SMILES string of the molecule is CC.Cc1ccc(S(=O)(=O)NCc2ccccc2)cc1. The predicted octanol–water partition coefficient (Wildman–Crippen LogP) is 3.50. The van der Waals surface area contributed by atoms with Crippen LogP contribution in [0.1, 0.15) is 25.0 Å². The number of hydrogen-bond donors (Lipinski definition) is 1. The standard InChI is InChI=1S/C14H15NO2S.C2H6/c1-12-7-9-14(10-8-12)18(16,17)15-11-13-5-3-2-4-6-13;1-2/h2-10,15H,11H2,1H3;1-2H3. The largest absolute Gasteiger partial charge is 0.240 e. The lowest BCUT2D eigenvalue weighted by Gasteiger charge is -2.07. The first-order valence-corrected chi connectivity index (χ1v) is 8.16. The molecular formula is C16H21NO2S. The average Bonchev–Trinajstić information content (AvgIpc) is 2.49. The molecule has 0 heterocycles. The van der Waals surface area contributed by atoms with E-state index in [2.05, 4.69) is 4.72 Å². The van der Waals surface area contributed by atoms with Crippen LogP contribution in [0.4, 0.5) is 0 Å². The summed E-state index contributed by atoms with van der Waals surface area (Å²) in [7, 11) is -3.43. The van der Waals surface area contributed by atoms with Gasteiger partial charge in [-0.05, 0) is 24.6 Å². The van der Waals surface area contributed by atoms with Crippen LogP contribution in [0.2, 0.25) is 0 Å². The Kier molecular flexibility index (Phi) is 6.42. The van der Waals surface area contributed by atoms with Crippen LogP contribution in [0.25, 0.3) is 0 Å². The molecule has 0 spiro atoms. The van der Waals surface area contributed by atoms with Gasteiger partial charge in [-0.25, -0.2) is 13.1 Å². The van der Waals surface area contributed by atoms with Crippen molar-refractivity contribution in [2.45, 2.75) is 32.2 Å². The summed E-state index contributed by atoms with van der Waals surface area (Å²) < 4.78 is 26.6. The van der Waals surface area contributed by atoms with Crippen LogP contribution < -0.4 is 4.72 Å². The molecule has 2 aromatic carbocycles. The Balaban J connectivity index is 0.000000956. The first kappa shape index (κ1) is 16.4. The van der Waals surface area contributed by atoms with Gasteiger partial charge >= 0.3 is 0 Å². The number of rotatable bonds is 4. The lowest BCUT2D eigenvalue weighted by atomic mass is 10.2. The lowest BCUT2D eigenvalue weighted by molar-refractivity contribution is 0.581. The zero-order valence-corrected chi connectivity index (χ0v) is 12.9. The molecule has 4 heteroatoms. The Bertz CT molecular complexity index is 605. The summed E-state index contributed by atoms with van der Waals surface area (Å²) in [5, 5.41) is 0. The van der Waals surface area contributed by atoms with E-state index < -0.39 is 10.0 Å². The minimum absolute atomic E-state index is 0.295. The van der Waals surface area contributed by atoms with Crippen molar-refractivity contribution >= 4 is 10.0 Å². The van der Waals surface area contributed by atoms with E-state index in [-0.39, 0.29) is 0 Å². The van der Waals surface area contributed by atoms with E-state index in [1.165, 1.54) is 0 Å². The third kappa shape index (κ3) is 4.79. The van der Waals surface area contributed by atoms with Crippen molar-refractivity contribution in [1.82, 2.24) is 4.72 Å². The monoisotopic (exact) mass is 291 g/mol. The smallest absolute Gasteiger partial charge is 0.207 e. The quantitative estimate of drug-likeness (QED) is 0.937. The lowest BCUT2D eigenvalue weighted by Crippen LogP contribution is -2.23. The maximum Gasteiger partial charge on any atom is 0.240 e. The van der Waals surface area contributed by atoms with E-state index in [4.69, 9.17) is 0 Å². The zero-order valence-electron chi connectivity index (χ0n) is 12.1. The van der Waals surface area contributed by atoms with E-state index >= 15 is 0 Å². The summed E-state index contributed by atoms with van der Waals surface area (Å²) in [5.41, 5.74) is 1.98. The first-order valence-electron chi connectivity index (χ1n) is 6.68. The summed E-state index contributed by atoms with van der Waals surface area (Å²) in [6, 6.07) is 16.2. The number of sulfonamides is 1. The first-order chi connectivity index (χ1) is 9.58. The van der Waals surface area contributed by atoms with Gasteiger partial charge < -0.3 is 0 Å². The second-order valence-electron chi connectivity index (χ2n) is 4.12. The summed E-state index contributed by atoms with van der Waals surface area (Å²) in [6.45, 7) is 6.23. The summed E-state index contributed by atoms with van der Waals surface area (Å²) >= 11 is 0. The molecule has 0 aromatic heterocycles. The fraction of sp³-hybridized carbons (Fsp3) is 0.250. The van der Waals surface area contributed by atoms with Crippen LogP contribution in [0.15, 0.2) is 59.5 Å². The van der Waals surface area contributed by atoms with Gasteiger partial charge in [-0.3, -0.25) is 0 Å². The molecule has 2 rings (SSSR count). The van der Waals surface area contributed by atoms with Gasteiger partial charge in [0, 0.05) is 6.54 Å². The molecule has 0 amide bonds. The Hall–Kier alpha value is -1.65. The molecule has 108 valence electrons.